The number of rotatable bonds is 4. The van der Waals surface area contributed by atoms with E-state index in [1.807, 2.05) is 25.1 Å². The van der Waals surface area contributed by atoms with Crippen LogP contribution in [0.2, 0.25) is 0 Å². The molecule has 1 aromatic rings. The van der Waals surface area contributed by atoms with E-state index in [1.165, 1.54) is 5.69 Å². The second kappa shape index (κ2) is 4.91. The summed E-state index contributed by atoms with van der Waals surface area (Å²) in [5.41, 5.74) is 9.06. The molecule has 3 heteroatoms. The second-order valence-electron chi connectivity index (χ2n) is 3.81. The van der Waals surface area contributed by atoms with E-state index in [1.54, 1.807) is 0 Å². The summed E-state index contributed by atoms with van der Waals surface area (Å²) in [5.74, 6) is 0. The molecule has 0 aromatic heterocycles. The van der Waals surface area contributed by atoms with Gasteiger partial charge in [-0.25, -0.2) is 0 Å². The van der Waals surface area contributed by atoms with Crippen LogP contribution >= 0.6 is 0 Å². The van der Waals surface area contributed by atoms with Crippen molar-refractivity contribution < 1.29 is 0 Å². The zero-order valence-corrected chi connectivity index (χ0v) is 10.1. The molecule has 0 fully saturated rings. The predicted molar refractivity (Wildman–Crippen MR) is 68.7 cm³/mol. The van der Waals surface area contributed by atoms with Gasteiger partial charge in [0.1, 0.15) is 0 Å². The van der Waals surface area contributed by atoms with Crippen LogP contribution in [0.25, 0.3) is 0 Å². The molecule has 0 aliphatic heterocycles. The molecule has 1 aromatic carbocycles. The van der Waals surface area contributed by atoms with Crippen molar-refractivity contribution in [3.63, 3.8) is 0 Å². The van der Waals surface area contributed by atoms with Gasteiger partial charge in [0.2, 0.25) is 0 Å². The first-order valence-electron chi connectivity index (χ1n) is 5.42. The molecule has 3 nitrogen and oxygen atoms in total. The number of nitrogen functional groups attached to an aromatic ring is 1. The van der Waals surface area contributed by atoms with Gasteiger partial charge in [-0.1, -0.05) is 0 Å². The van der Waals surface area contributed by atoms with Crippen molar-refractivity contribution in [2.24, 2.45) is 0 Å². The molecule has 15 heavy (non-hydrogen) atoms. The van der Waals surface area contributed by atoms with E-state index in [0.29, 0.717) is 0 Å². The molecule has 2 N–H and O–H groups in total. The van der Waals surface area contributed by atoms with Gasteiger partial charge < -0.3 is 15.5 Å². The Hall–Kier alpha value is -1.38. The number of nitrogens with two attached hydrogens (primary N) is 1. The van der Waals surface area contributed by atoms with E-state index >= 15 is 0 Å². The van der Waals surface area contributed by atoms with Crippen molar-refractivity contribution in [1.29, 1.82) is 0 Å². The van der Waals surface area contributed by atoms with E-state index in [-0.39, 0.29) is 0 Å². The standard InChI is InChI=1S/C12H21N3/c1-5-15(6-2)10-7-8-11(13)12(9-10)14(3)4/h7-9H,5-6,13H2,1-4H3. The van der Waals surface area contributed by atoms with E-state index in [4.69, 9.17) is 5.73 Å². The summed E-state index contributed by atoms with van der Waals surface area (Å²) in [4.78, 5) is 4.36. The number of nitrogens with zero attached hydrogens (tertiary/aromatic N) is 2. The average Bonchev–Trinajstić information content (AvgIpc) is 2.21. The highest BCUT2D eigenvalue weighted by molar-refractivity contribution is 5.72. The Morgan fingerprint density at radius 1 is 1.13 bits per heavy atom. The van der Waals surface area contributed by atoms with Gasteiger partial charge in [-0.2, -0.15) is 0 Å². The predicted octanol–water partition coefficient (Wildman–Crippen LogP) is 2.18. The zero-order chi connectivity index (χ0) is 11.4. The number of hydrogen-bond acceptors (Lipinski definition) is 3. The van der Waals surface area contributed by atoms with Gasteiger partial charge in [0.25, 0.3) is 0 Å². The summed E-state index contributed by atoms with van der Waals surface area (Å²) in [7, 11) is 4.02. The van der Waals surface area contributed by atoms with Gasteiger partial charge in [0.15, 0.2) is 0 Å². The Labute approximate surface area is 92.5 Å². The first-order valence-corrected chi connectivity index (χ1v) is 5.42. The van der Waals surface area contributed by atoms with Crippen molar-refractivity contribution in [3.8, 4) is 0 Å². The summed E-state index contributed by atoms with van der Waals surface area (Å²) < 4.78 is 0. The lowest BCUT2D eigenvalue weighted by Crippen LogP contribution is -2.22. The average molecular weight is 207 g/mol. The Bertz CT molecular complexity index is 317. The zero-order valence-electron chi connectivity index (χ0n) is 10.1. The van der Waals surface area contributed by atoms with Crippen molar-refractivity contribution in [3.05, 3.63) is 18.2 Å². The van der Waals surface area contributed by atoms with Crippen LogP contribution in [0.3, 0.4) is 0 Å². The fourth-order valence-electron chi connectivity index (χ4n) is 1.70. The summed E-state index contributed by atoms with van der Waals surface area (Å²) >= 11 is 0. The minimum Gasteiger partial charge on any atom is -0.397 e. The van der Waals surface area contributed by atoms with Crippen LogP contribution < -0.4 is 15.5 Å². The van der Waals surface area contributed by atoms with Gasteiger partial charge in [-0.05, 0) is 32.0 Å². The molecule has 0 amide bonds. The van der Waals surface area contributed by atoms with Crippen LogP contribution in [0, 0.1) is 0 Å². The molecule has 0 aliphatic rings. The monoisotopic (exact) mass is 207 g/mol. The quantitative estimate of drug-likeness (QED) is 0.768. The molecule has 0 bridgehead atoms. The Kier molecular flexibility index (Phi) is 3.83. The van der Waals surface area contributed by atoms with Crippen LogP contribution in [0.15, 0.2) is 18.2 Å². The third-order valence-corrected chi connectivity index (χ3v) is 2.62. The Morgan fingerprint density at radius 2 is 1.73 bits per heavy atom. The molecule has 0 atom stereocenters. The van der Waals surface area contributed by atoms with Crippen molar-refractivity contribution in [1.82, 2.24) is 0 Å². The molecule has 0 saturated carbocycles. The maximum atomic E-state index is 5.91. The summed E-state index contributed by atoms with van der Waals surface area (Å²) in [6.45, 7) is 6.37. The fourth-order valence-corrected chi connectivity index (χ4v) is 1.70. The lowest BCUT2D eigenvalue weighted by molar-refractivity contribution is 0.866. The highest BCUT2D eigenvalue weighted by Crippen LogP contribution is 2.27. The normalized spacial score (nSPS) is 10.1. The third kappa shape index (κ3) is 2.55. The SMILES string of the molecule is CCN(CC)c1ccc(N)c(N(C)C)c1. The highest BCUT2D eigenvalue weighted by atomic mass is 15.1. The lowest BCUT2D eigenvalue weighted by atomic mass is 10.2. The van der Waals surface area contributed by atoms with Gasteiger partial charge in [0.05, 0.1) is 11.4 Å². The first kappa shape index (κ1) is 11.7. The number of benzene rings is 1. The van der Waals surface area contributed by atoms with Gasteiger partial charge in [0, 0.05) is 32.9 Å². The fraction of sp³-hybridized carbons (Fsp3) is 0.500. The number of hydrogen-bond donors (Lipinski definition) is 1. The van der Waals surface area contributed by atoms with E-state index in [2.05, 4.69) is 30.9 Å². The highest BCUT2D eigenvalue weighted by Gasteiger charge is 2.06. The minimum absolute atomic E-state index is 0.830. The molecule has 0 spiro atoms. The van der Waals surface area contributed by atoms with Crippen molar-refractivity contribution in [2.45, 2.75) is 13.8 Å². The van der Waals surface area contributed by atoms with Crippen LogP contribution in [0.1, 0.15) is 13.8 Å². The van der Waals surface area contributed by atoms with Gasteiger partial charge in [-0.15, -0.1) is 0 Å². The molecule has 84 valence electrons. The molecule has 1 rings (SSSR count). The Balaban J connectivity index is 3.06. The second-order valence-corrected chi connectivity index (χ2v) is 3.81. The van der Waals surface area contributed by atoms with Crippen LogP contribution in [0.5, 0.6) is 0 Å². The summed E-state index contributed by atoms with van der Waals surface area (Å²) in [6, 6.07) is 6.20. The largest absolute Gasteiger partial charge is 0.397 e. The lowest BCUT2D eigenvalue weighted by Gasteiger charge is -2.24. The van der Waals surface area contributed by atoms with Gasteiger partial charge in [-0.3, -0.25) is 0 Å². The smallest absolute Gasteiger partial charge is 0.0615 e. The van der Waals surface area contributed by atoms with Crippen LogP contribution in [-0.2, 0) is 0 Å². The molecule has 0 unspecified atom stereocenters. The maximum Gasteiger partial charge on any atom is 0.0615 e. The van der Waals surface area contributed by atoms with Crippen molar-refractivity contribution >= 4 is 17.1 Å². The topological polar surface area (TPSA) is 32.5 Å². The third-order valence-electron chi connectivity index (χ3n) is 2.62. The molecular weight excluding hydrogens is 186 g/mol. The maximum absolute atomic E-state index is 5.91. The first-order chi connectivity index (χ1) is 7.10. The molecule has 0 aliphatic carbocycles. The Morgan fingerprint density at radius 3 is 2.20 bits per heavy atom. The summed E-state index contributed by atoms with van der Waals surface area (Å²) in [6.07, 6.45) is 0. The molecule has 0 radical (unpaired) electrons. The molecular formula is C12H21N3. The summed E-state index contributed by atoms with van der Waals surface area (Å²) in [5, 5.41) is 0. The van der Waals surface area contributed by atoms with E-state index < -0.39 is 0 Å². The van der Waals surface area contributed by atoms with Crippen LogP contribution in [-0.4, -0.2) is 27.2 Å². The van der Waals surface area contributed by atoms with Crippen LogP contribution in [0.4, 0.5) is 17.1 Å². The number of anilines is 3. The molecule has 0 heterocycles. The van der Waals surface area contributed by atoms with E-state index in [9.17, 15) is 0 Å². The minimum atomic E-state index is 0.830. The molecule has 0 saturated heterocycles. The van der Waals surface area contributed by atoms with E-state index in [0.717, 1.165) is 24.5 Å². The van der Waals surface area contributed by atoms with Crippen molar-refractivity contribution in [2.75, 3.05) is 42.7 Å². The van der Waals surface area contributed by atoms with Gasteiger partial charge >= 0.3 is 0 Å².